The summed E-state index contributed by atoms with van der Waals surface area (Å²) in [5.41, 5.74) is 1.39. The Kier molecular flexibility index (Phi) is 3.79. The zero-order valence-corrected chi connectivity index (χ0v) is 12.1. The molecule has 0 saturated heterocycles. The summed E-state index contributed by atoms with van der Waals surface area (Å²) in [4.78, 5) is 0. The number of hydrogen-bond acceptors (Lipinski definition) is 2. The smallest absolute Gasteiger partial charge is 0.123 e. The minimum atomic E-state index is 0.392. The summed E-state index contributed by atoms with van der Waals surface area (Å²) in [6.45, 7) is 2.39. The van der Waals surface area contributed by atoms with Gasteiger partial charge in [0.25, 0.3) is 0 Å². The Morgan fingerprint density at radius 3 is 2.89 bits per heavy atom. The summed E-state index contributed by atoms with van der Waals surface area (Å²) < 4.78 is 6.11. The van der Waals surface area contributed by atoms with Gasteiger partial charge in [0.15, 0.2) is 0 Å². The Hall–Kier alpha value is -1.02. The summed E-state index contributed by atoms with van der Waals surface area (Å²) in [5, 5.41) is 3.51. The van der Waals surface area contributed by atoms with Gasteiger partial charge in [-0.2, -0.15) is 0 Å². The van der Waals surface area contributed by atoms with Crippen molar-refractivity contribution >= 4 is 0 Å². The molecule has 0 spiro atoms. The van der Waals surface area contributed by atoms with Crippen LogP contribution in [0.3, 0.4) is 0 Å². The highest BCUT2D eigenvalue weighted by Crippen LogP contribution is 2.36. The first-order valence-corrected chi connectivity index (χ1v) is 7.68. The summed E-state index contributed by atoms with van der Waals surface area (Å²) >= 11 is 0. The third-order valence-corrected chi connectivity index (χ3v) is 4.89. The molecule has 1 heterocycles. The zero-order chi connectivity index (χ0) is 13.2. The van der Waals surface area contributed by atoms with E-state index < -0.39 is 0 Å². The molecule has 0 aromatic heterocycles. The van der Waals surface area contributed by atoms with E-state index in [2.05, 4.69) is 43.6 Å². The molecule has 0 radical (unpaired) electrons. The molecule has 2 heteroatoms. The number of benzene rings is 1. The molecule has 1 N–H and O–H groups in total. The molecule has 2 aliphatic rings. The van der Waals surface area contributed by atoms with Gasteiger partial charge in [-0.15, -0.1) is 0 Å². The van der Waals surface area contributed by atoms with Gasteiger partial charge in [0, 0.05) is 12.5 Å². The Morgan fingerprint density at radius 2 is 2.11 bits per heavy atom. The van der Waals surface area contributed by atoms with Crippen molar-refractivity contribution in [1.82, 2.24) is 5.32 Å². The van der Waals surface area contributed by atoms with Gasteiger partial charge in [0.05, 0.1) is 0 Å². The standard InChI is InChI=1S/C17H25NO/c1-12-7-8-16(18-2)14(9-12)11-15-10-13-5-3-4-6-17(13)19-15/h3-6,12,14-16,18H,7-11H2,1-2H3. The van der Waals surface area contributed by atoms with Gasteiger partial charge in [-0.05, 0) is 56.2 Å². The molecular weight excluding hydrogens is 234 g/mol. The number of nitrogens with one attached hydrogen (secondary N) is 1. The van der Waals surface area contributed by atoms with E-state index in [1.165, 1.54) is 31.2 Å². The molecule has 1 aliphatic carbocycles. The van der Waals surface area contributed by atoms with Crippen LogP contribution in [0.15, 0.2) is 24.3 Å². The number of ether oxygens (including phenoxy) is 1. The second-order valence-corrected chi connectivity index (χ2v) is 6.36. The van der Waals surface area contributed by atoms with Crippen molar-refractivity contribution < 1.29 is 4.74 Å². The van der Waals surface area contributed by atoms with Crippen molar-refractivity contribution in [2.75, 3.05) is 7.05 Å². The lowest BCUT2D eigenvalue weighted by atomic mass is 9.76. The summed E-state index contributed by atoms with van der Waals surface area (Å²) in [6.07, 6.45) is 6.72. The first-order valence-electron chi connectivity index (χ1n) is 7.68. The van der Waals surface area contributed by atoms with Crippen LogP contribution in [0, 0.1) is 11.8 Å². The van der Waals surface area contributed by atoms with Crippen LogP contribution in [0.4, 0.5) is 0 Å². The highest BCUT2D eigenvalue weighted by atomic mass is 16.5. The molecule has 4 unspecified atom stereocenters. The lowest BCUT2D eigenvalue weighted by Crippen LogP contribution is -2.40. The Morgan fingerprint density at radius 1 is 1.26 bits per heavy atom. The van der Waals surface area contributed by atoms with Crippen molar-refractivity contribution in [2.24, 2.45) is 11.8 Å². The molecule has 104 valence electrons. The lowest BCUT2D eigenvalue weighted by molar-refractivity contribution is 0.137. The van der Waals surface area contributed by atoms with E-state index in [0.717, 1.165) is 24.0 Å². The van der Waals surface area contributed by atoms with E-state index in [4.69, 9.17) is 4.74 Å². The van der Waals surface area contributed by atoms with E-state index in [1.54, 1.807) is 0 Å². The maximum Gasteiger partial charge on any atom is 0.123 e. The van der Waals surface area contributed by atoms with Crippen LogP contribution in [0.1, 0.15) is 38.2 Å². The molecule has 0 bridgehead atoms. The molecular formula is C17H25NO. The summed E-state index contributed by atoms with van der Waals surface area (Å²) in [7, 11) is 2.11. The van der Waals surface area contributed by atoms with Crippen molar-refractivity contribution in [3.63, 3.8) is 0 Å². The van der Waals surface area contributed by atoms with Gasteiger partial charge in [-0.25, -0.2) is 0 Å². The lowest BCUT2D eigenvalue weighted by Gasteiger charge is -2.36. The average Bonchev–Trinajstić information content (AvgIpc) is 2.81. The predicted octanol–water partition coefficient (Wildman–Crippen LogP) is 3.40. The fraction of sp³-hybridized carbons (Fsp3) is 0.647. The van der Waals surface area contributed by atoms with Crippen molar-refractivity contribution in [3.05, 3.63) is 29.8 Å². The second-order valence-electron chi connectivity index (χ2n) is 6.36. The summed E-state index contributed by atoms with van der Waals surface area (Å²) in [5.74, 6) is 2.75. The van der Waals surface area contributed by atoms with Crippen LogP contribution >= 0.6 is 0 Å². The van der Waals surface area contributed by atoms with Gasteiger partial charge >= 0.3 is 0 Å². The number of fused-ring (bicyclic) bond motifs is 1. The molecule has 3 rings (SSSR count). The fourth-order valence-electron chi connectivity index (χ4n) is 3.86. The van der Waals surface area contributed by atoms with E-state index in [-0.39, 0.29) is 0 Å². The Labute approximate surface area is 116 Å². The maximum atomic E-state index is 6.11. The van der Waals surface area contributed by atoms with Crippen molar-refractivity contribution in [1.29, 1.82) is 0 Å². The maximum absolute atomic E-state index is 6.11. The number of hydrogen-bond donors (Lipinski definition) is 1. The normalized spacial score (nSPS) is 33.8. The summed E-state index contributed by atoms with van der Waals surface area (Å²) in [6, 6.07) is 9.18. The van der Waals surface area contributed by atoms with Crippen LogP contribution in [0.2, 0.25) is 0 Å². The van der Waals surface area contributed by atoms with E-state index in [0.29, 0.717) is 12.1 Å². The molecule has 1 saturated carbocycles. The van der Waals surface area contributed by atoms with E-state index in [9.17, 15) is 0 Å². The quantitative estimate of drug-likeness (QED) is 0.898. The van der Waals surface area contributed by atoms with Crippen LogP contribution in [0.5, 0.6) is 5.75 Å². The van der Waals surface area contributed by atoms with Gasteiger partial charge in [-0.1, -0.05) is 25.1 Å². The van der Waals surface area contributed by atoms with E-state index >= 15 is 0 Å². The Bertz CT molecular complexity index is 406. The first kappa shape index (κ1) is 13.0. The van der Waals surface area contributed by atoms with Gasteiger partial charge in [0.2, 0.25) is 0 Å². The average molecular weight is 259 g/mol. The third-order valence-electron chi connectivity index (χ3n) is 4.89. The van der Waals surface area contributed by atoms with Crippen LogP contribution in [-0.4, -0.2) is 19.2 Å². The van der Waals surface area contributed by atoms with Crippen molar-refractivity contribution in [2.45, 2.75) is 51.2 Å². The minimum absolute atomic E-state index is 0.392. The largest absolute Gasteiger partial charge is 0.490 e. The minimum Gasteiger partial charge on any atom is -0.490 e. The molecule has 2 nitrogen and oxygen atoms in total. The molecule has 1 fully saturated rings. The monoisotopic (exact) mass is 259 g/mol. The molecule has 19 heavy (non-hydrogen) atoms. The third kappa shape index (κ3) is 2.79. The molecule has 1 aromatic carbocycles. The number of para-hydroxylation sites is 1. The molecule has 1 aliphatic heterocycles. The molecule has 0 amide bonds. The zero-order valence-electron chi connectivity index (χ0n) is 12.1. The van der Waals surface area contributed by atoms with Crippen molar-refractivity contribution in [3.8, 4) is 5.75 Å². The second kappa shape index (κ2) is 5.54. The van der Waals surface area contributed by atoms with E-state index in [1.807, 2.05) is 0 Å². The van der Waals surface area contributed by atoms with Crippen LogP contribution < -0.4 is 10.1 Å². The van der Waals surface area contributed by atoms with Gasteiger partial charge < -0.3 is 10.1 Å². The topological polar surface area (TPSA) is 21.3 Å². The Balaban J connectivity index is 1.63. The van der Waals surface area contributed by atoms with Gasteiger partial charge in [0.1, 0.15) is 11.9 Å². The highest BCUT2D eigenvalue weighted by Gasteiger charge is 2.32. The molecule has 4 atom stereocenters. The number of rotatable bonds is 3. The SMILES string of the molecule is CNC1CCC(C)CC1CC1Cc2ccccc2O1. The van der Waals surface area contributed by atoms with Gasteiger partial charge in [-0.3, -0.25) is 0 Å². The van der Waals surface area contributed by atoms with Crippen LogP contribution in [-0.2, 0) is 6.42 Å². The van der Waals surface area contributed by atoms with Crippen LogP contribution in [0.25, 0.3) is 0 Å². The first-order chi connectivity index (χ1) is 9.26. The fourth-order valence-corrected chi connectivity index (χ4v) is 3.86. The highest BCUT2D eigenvalue weighted by molar-refractivity contribution is 5.37. The molecule has 1 aromatic rings. The predicted molar refractivity (Wildman–Crippen MR) is 78.5 cm³/mol.